The lowest BCUT2D eigenvalue weighted by Gasteiger charge is -2.28. The normalized spacial score (nSPS) is 28.0. The highest BCUT2D eigenvalue weighted by atomic mass is 35.5. The Kier molecular flexibility index (Phi) is 3.99. The van der Waals surface area contributed by atoms with E-state index >= 15 is 0 Å². The second-order valence-corrected chi connectivity index (χ2v) is 5.80. The number of carbonyl (C=O) groups is 1. The molecule has 3 aliphatic rings. The maximum atomic E-state index is 12.5. The molecule has 17 heavy (non-hydrogen) atoms. The van der Waals surface area contributed by atoms with E-state index < -0.39 is 0 Å². The summed E-state index contributed by atoms with van der Waals surface area (Å²) in [7, 11) is 2.01. The van der Waals surface area contributed by atoms with Crippen LogP contribution in [0.25, 0.3) is 0 Å². The molecule has 3 nitrogen and oxygen atoms in total. The molecule has 1 amide bonds. The number of rotatable bonds is 4. The van der Waals surface area contributed by atoms with Gasteiger partial charge in [0.25, 0.3) is 0 Å². The van der Waals surface area contributed by atoms with Crippen molar-refractivity contribution in [3.05, 3.63) is 0 Å². The van der Waals surface area contributed by atoms with Crippen LogP contribution in [0.1, 0.15) is 32.1 Å². The lowest BCUT2D eigenvalue weighted by molar-refractivity contribution is -0.137. The molecule has 1 heterocycles. The van der Waals surface area contributed by atoms with E-state index in [-0.39, 0.29) is 12.4 Å². The third kappa shape index (κ3) is 2.76. The fourth-order valence-electron chi connectivity index (χ4n) is 3.08. The van der Waals surface area contributed by atoms with Gasteiger partial charge in [-0.1, -0.05) is 0 Å². The lowest BCUT2D eigenvalue weighted by atomic mass is 9.95. The smallest absolute Gasteiger partial charge is 0.226 e. The van der Waals surface area contributed by atoms with Crippen LogP contribution in [-0.4, -0.2) is 37.0 Å². The Morgan fingerprint density at radius 2 is 1.76 bits per heavy atom. The van der Waals surface area contributed by atoms with Crippen LogP contribution in [0.3, 0.4) is 0 Å². The summed E-state index contributed by atoms with van der Waals surface area (Å²) < 4.78 is 0. The van der Waals surface area contributed by atoms with Crippen molar-refractivity contribution < 1.29 is 4.79 Å². The van der Waals surface area contributed by atoms with Gasteiger partial charge in [-0.2, -0.15) is 0 Å². The van der Waals surface area contributed by atoms with Gasteiger partial charge in [-0.25, -0.2) is 0 Å². The lowest BCUT2D eigenvalue weighted by Crippen LogP contribution is -2.43. The molecule has 3 fully saturated rings. The summed E-state index contributed by atoms with van der Waals surface area (Å²) in [5.41, 5.74) is 0. The van der Waals surface area contributed by atoms with Gasteiger partial charge >= 0.3 is 0 Å². The first-order chi connectivity index (χ1) is 7.77. The van der Waals surface area contributed by atoms with E-state index in [1.807, 2.05) is 11.9 Å². The monoisotopic (exact) mass is 258 g/mol. The van der Waals surface area contributed by atoms with Gasteiger partial charge in [-0.3, -0.25) is 4.79 Å². The predicted octanol–water partition coefficient (Wildman–Crippen LogP) is 1.66. The van der Waals surface area contributed by atoms with Gasteiger partial charge in [0.05, 0.1) is 0 Å². The number of nitrogens with one attached hydrogen (secondary N) is 1. The first kappa shape index (κ1) is 13.2. The number of halogens is 1. The number of nitrogens with zero attached hydrogens (tertiary/aromatic N) is 1. The molecule has 0 aromatic heterocycles. The topological polar surface area (TPSA) is 32.3 Å². The molecule has 98 valence electrons. The molecule has 1 atom stereocenters. The van der Waals surface area contributed by atoms with Gasteiger partial charge in [-0.05, 0) is 50.5 Å². The van der Waals surface area contributed by atoms with Crippen LogP contribution >= 0.6 is 12.4 Å². The van der Waals surface area contributed by atoms with Crippen molar-refractivity contribution in [2.75, 3.05) is 20.1 Å². The molecule has 1 N–H and O–H groups in total. The van der Waals surface area contributed by atoms with Crippen LogP contribution in [0.4, 0.5) is 0 Å². The third-order valence-electron chi connectivity index (χ3n) is 4.47. The average molecular weight is 259 g/mol. The number of carbonyl (C=O) groups excluding carboxylic acids is 1. The summed E-state index contributed by atoms with van der Waals surface area (Å²) >= 11 is 0. The highest BCUT2D eigenvalue weighted by molar-refractivity contribution is 5.85. The average Bonchev–Trinajstić information content (AvgIpc) is 3.21. The Morgan fingerprint density at radius 3 is 2.18 bits per heavy atom. The quantitative estimate of drug-likeness (QED) is 0.832. The highest BCUT2D eigenvalue weighted by Gasteiger charge is 2.47. The first-order valence-electron chi connectivity index (χ1n) is 6.75. The van der Waals surface area contributed by atoms with Crippen LogP contribution in [0.2, 0.25) is 0 Å². The van der Waals surface area contributed by atoms with Crippen LogP contribution in [-0.2, 0) is 4.79 Å². The van der Waals surface area contributed by atoms with Gasteiger partial charge in [0.1, 0.15) is 0 Å². The van der Waals surface area contributed by atoms with Crippen molar-refractivity contribution in [3.8, 4) is 0 Å². The maximum absolute atomic E-state index is 12.5. The first-order valence-corrected chi connectivity index (χ1v) is 6.75. The Labute approximate surface area is 110 Å². The summed E-state index contributed by atoms with van der Waals surface area (Å²) in [5.74, 6) is 2.29. The van der Waals surface area contributed by atoms with Crippen LogP contribution < -0.4 is 5.32 Å². The minimum absolute atomic E-state index is 0. The Balaban J connectivity index is 0.00000108. The second-order valence-electron chi connectivity index (χ2n) is 5.80. The number of likely N-dealkylation sites (N-methyl/N-ethyl adjacent to an activating group) is 1. The zero-order valence-electron chi connectivity index (χ0n) is 10.5. The standard InChI is InChI=1S/C13H22N2O.ClH/c1-15(11-6-7-14-8-11)13(16)12(9-2-3-9)10-4-5-10;/h9-12,14H,2-8H2,1H3;1H. The van der Waals surface area contributed by atoms with Crippen molar-refractivity contribution in [1.82, 2.24) is 10.2 Å². The molecule has 2 aliphatic carbocycles. The highest BCUT2D eigenvalue weighted by Crippen LogP contribution is 2.50. The van der Waals surface area contributed by atoms with Gasteiger partial charge in [0.2, 0.25) is 5.91 Å². The molecule has 0 aromatic carbocycles. The van der Waals surface area contributed by atoms with Crippen LogP contribution in [0.5, 0.6) is 0 Å². The summed E-state index contributed by atoms with van der Waals surface area (Å²) in [6, 6.07) is 0.451. The molecule has 1 aliphatic heterocycles. The van der Waals surface area contributed by atoms with Crippen LogP contribution in [0.15, 0.2) is 0 Å². The number of amides is 1. The second kappa shape index (κ2) is 5.15. The van der Waals surface area contributed by atoms with Gasteiger partial charge in [0.15, 0.2) is 0 Å². The van der Waals surface area contributed by atoms with E-state index in [4.69, 9.17) is 0 Å². The van der Waals surface area contributed by atoms with E-state index in [2.05, 4.69) is 5.32 Å². The molecule has 1 saturated heterocycles. The molecule has 2 saturated carbocycles. The Hall–Kier alpha value is -0.280. The zero-order chi connectivity index (χ0) is 11.1. The molecule has 0 spiro atoms. The van der Waals surface area contributed by atoms with Crippen molar-refractivity contribution in [1.29, 1.82) is 0 Å². The zero-order valence-corrected chi connectivity index (χ0v) is 11.3. The fourth-order valence-corrected chi connectivity index (χ4v) is 3.08. The van der Waals surface area contributed by atoms with Crippen molar-refractivity contribution in [3.63, 3.8) is 0 Å². The predicted molar refractivity (Wildman–Crippen MR) is 70.2 cm³/mol. The molecule has 0 bridgehead atoms. The molecule has 4 heteroatoms. The summed E-state index contributed by atoms with van der Waals surface area (Å²) in [6.07, 6.45) is 6.31. The number of hydrogen-bond acceptors (Lipinski definition) is 2. The fraction of sp³-hybridized carbons (Fsp3) is 0.923. The van der Waals surface area contributed by atoms with Gasteiger partial charge < -0.3 is 10.2 Å². The van der Waals surface area contributed by atoms with E-state index in [1.165, 1.54) is 25.7 Å². The van der Waals surface area contributed by atoms with E-state index in [1.54, 1.807) is 0 Å². The van der Waals surface area contributed by atoms with Gasteiger partial charge in [-0.15, -0.1) is 12.4 Å². The summed E-state index contributed by atoms with van der Waals surface area (Å²) in [4.78, 5) is 14.5. The van der Waals surface area contributed by atoms with Gasteiger partial charge in [0, 0.05) is 25.6 Å². The molecular formula is C13H23ClN2O. The van der Waals surface area contributed by atoms with E-state index in [9.17, 15) is 4.79 Å². The maximum Gasteiger partial charge on any atom is 0.226 e. The largest absolute Gasteiger partial charge is 0.341 e. The van der Waals surface area contributed by atoms with Crippen molar-refractivity contribution in [2.24, 2.45) is 17.8 Å². The third-order valence-corrected chi connectivity index (χ3v) is 4.47. The van der Waals surface area contributed by atoms with E-state index in [0.717, 1.165) is 31.3 Å². The molecule has 1 unspecified atom stereocenters. The van der Waals surface area contributed by atoms with Crippen molar-refractivity contribution in [2.45, 2.75) is 38.1 Å². The SMILES string of the molecule is CN(C(=O)C(C1CC1)C1CC1)C1CCNC1.Cl. The summed E-state index contributed by atoms with van der Waals surface area (Å²) in [5, 5.41) is 3.34. The molecule has 0 radical (unpaired) electrons. The Bertz CT molecular complexity index is 271. The number of hydrogen-bond donors (Lipinski definition) is 1. The van der Waals surface area contributed by atoms with E-state index in [0.29, 0.717) is 17.9 Å². The van der Waals surface area contributed by atoms with Crippen molar-refractivity contribution >= 4 is 18.3 Å². The Morgan fingerprint density at radius 1 is 1.18 bits per heavy atom. The van der Waals surface area contributed by atoms with Crippen LogP contribution in [0, 0.1) is 17.8 Å². The molecular weight excluding hydrogens is 236 g/mol. The molecule has 0 aromatic rings. The summed E-state index contributed by atoms with van der Waals surface area (Å²) in [6.45, 7) is 2.06. The minimum Gasteiger partial charge on any atom is -0.341 e. The molecule has 3 rings (SSSR count). The minimum atomic E-state index is 0.